The second kappa shape index (κ2) is 6.07. The highest BCUT2D eigenvalue weighted by molar-refractivity contribution is 9.11. The van der Waals surface area contributed by atoms with Crippen LogP contribution in [0.15, 0.2) is 28.7 Å². The number of fused-ring (bicyclic) bond motifs is 1. The zero-order valence-corrected chi connectivity index (χ0v) is 17.0. The van der Waals surface area contributed by atoms with Crippen LogP contribution in [0.5, 0.6) is 5.75 Å². The molecule has 0 saturated heterocycles. The molecule has 0 heterocycles. The Labute approximate surface area is 153 Å². The number of benzene rings is 2. The summed E-state index contributed by atoms with van der Waals surface area (Å²) in [5, 5.41) is 0. The highest BCUT2D eigenvalue weighted by Gasteiger charge is 2.28. The van der Waals surface area contributed by atoms with Crippen molar-refractivity contribution in [3.05, 3.63) is 56.6 Å². The molecule has 0 radical (unpaired) electrons. The predicted octanol–water partition coefficient (Wildman–Crippen LogP) is 6.57. The monoisotopic (exact) mass is 384 g/mol. The minimum atomic E-state index is 0.0247. The molecule has 2 aromatic rings. The molecule has 0 saturated carbocycles. The van der Waals surface area contributed by atoms with E-state index in [9.17, 15) is 0 Å². The van der Waals surface area contributed by atoms with Crippen LogP contribution in [0.2, 0.25) is 0 Å². The van der Waals surface area contributed by atoms with Crippen molar-refractivity contribution < 1.29 is 4.74 Å². The first kappa shape index (κ1) is 17.3. The highest BCUT2D eigenvalue weighted by atomic mass is 79.9. The Kier molecular flexibility index (Phi) is 4.37. The van der Waals surface area contributed by atoms with Crippen LogP contribution in [0.25, 0.3) is 17.2 Å². The van der Waals surface area contributed by atoms with Crippen molar-refractivity contribution in [2.45, 2.75) is 46.5 Å². The van der Waals surface area contributed by atoms with Crippen molar-refractivity contribution in [3.8, 4) is 16.9 Å². The summed E-state index contributed by atoms with van der Waals surface area (Å²) in [5.74, 6) is 1.02. The topological polar surface area (TPSA) is 9.23 Å². The van der Waals surface area contributed by atoms with Crippen molar-refractivity contribution in [3.63, 3.8) is 0 Å². The average Bonchev–Trinajstić information content (AvgIpc) is 2.82. The molecule has 2 aromatic carbocycles. The molecular weight excluding hydrogens is 360 g/mol. The molecule has 1 nitrogen and oxygen atoms in total. The van der Waals surface area contributed by atoms with E-state index in [0.717, 1.165) is 12.2 Å². The first-order valence-corrected chi connectivity index (χ1v) is 9.19. The average molecular weight is 385 g/mol. The Morgan fingerprint density at radius 1 is 1.00 bits per heavy atom. The maximum absolute atomic E-state index is 5.96. The van der Waals surface area contributed by atoms with Crippen LogP contribution in [0, 0.1) is 13.8 Å². The second-order valence-corrected chi connectivity index (χ2v) is 8.81. The molecule has 3 rings (SSSR count). The van der Waals surface area contributed by atoms with Crippen LogP contribution < -0.4 is 4.74 Å². The molecule has 0 aromatic heterocycles. The molecule has 0 atom stereocenters. The lowest BCUT2D eigenvalue weighted by atomic mass is 9.81. The third-order valence-electron chi connectivity index (χ3n) is 4.60. The van der Waals surface area contributed by atoms with Gasteiger partial charge in [0.1, 0.15) is 5.75 Å². The van der Waals surface area contributed by atoms with Gasteiger partial charge in [-0.25, -0.2) is 0 Å². The van der Waals surface area contributed by atoms with E-state index in [-0.39, 0.29) is 5.41 Å². The summed E-state index contributed by atoms with van der Waals surface area (Å²) in [5.41, 5.74) is 9.02. The van der Waals surface area contributed by atoms with Gasteiger partial charge in [-0.15, -0.1) is 0 Å². The molecule has 0 unspecified atom stereocenters. The van der Waals surface area contributed by atoms with Gasteiger partial charge in [-0.1, -0.05) is 66.0 Å². The number of allylic oxidation sites excluding steroid dienone is 1. The van der Waals surface area contributed by atoms with Crippen molar-refractivity contribution in [2.24, 2.45) is 0 Å². The number of halogens is 1. The van der Waals surface area contributed by atoms with Gasteiger partial charge in [0.2, 0.25) is 0 Å². The number of hydrogen-bond acceptors (Lipinski definition) is 1. The van der Waals surface area contributed by atoms with Crippen LogP contribution >= 0.6 is 15.9 Å². The molecule has 2 heteroatoms. The fraction of sp³-hybridized carbons (Fsp3) is 0.364. The molecule has 0 aliphatic heterocycles. The van der Waals surface area contributed by atoms with Gasteiger partial charge in [0.25, 0.3) is 0 Å². The van der Waals surface area contributed by atoms with E-state index in [4.69, 9.17) is 4.74 Å². The van der Waals surface area contributed by atoms with Gasteiger partial charge in [0.15, 0.2) is 0 Å². The smallest absolute Gasteiger partial charge is 0.130 e. The Hall–Kier alpha value is -1.54. The quantitative estimate of drug-likeness (QED) is 0.568. The summed E-state index contributed by atoms with van der Waals surface area (Å²) < 4.78 is 7.19. The van der Waals surface area contributed by atoms with Crippen molar-refractivity contribution in [1.82, 2.24) is 0 Å². The largest absolute Gasteiger partial charge is 0.496 e. The van der Waals surface area contributed by atoms with Crippen molar-refractivity contribution in [1.29, 1.82) is 0 Å². The predicted molar refractivity (Wildman–Crippen MR) is 107 cm³/mol. The van der Waals surface area contributed by atoms with Crippen LogP contribution in [0.3, 0.4) is 0 Å². The Morgan fingerprint density at radius 3 is 2.17 bits per heavy atom. The number of rotatable bonds is 2. The Balaban J connectivity index is 2.38. The Morgan fingerprint density at radius 2 is 1.62 bits per heavy atom. The summed E-state index contributed by atoms with van der Waals surface area (Å²) >= 11 is 3.70. The van der Waals surface area contributed by atoms with E-state index in [2.05, 4.69) is 80.9 Å². The van der Waals surface area contributed by atoms with Crippen molar-refractivity contribution >= 4 is 22.0 Å². The number of aryl methyl sites for hydroxylation is 2. The maximum Gasteiger partial charge on any atom is 0.130 e. The normalized spacial score (nSPS) is 13.7. The summed E-state index contributed by atoms with van der Waals surface area (Å²) in [6, 6.07) is 9.06. The van der Waals surface area contributed by atoms with E-state index >= 15 is 0 Å². The zero-order chi connectivity index (χ0) is 17.6. The van der Waals surface area contributed by atoms with Gasteiger partial charge >= 0.3 is 0 Å². The lowest BCUT2D eigenvalue weighted by molar-refractivity contribution is 0.399. The van der Waals surface area contributed by atoms with Crippen LogP contribution in [0.4, 0.5) is 0 Å². The molecule has 24 heavy (non-hydrogen) atoms. The number of methoxy groups -OCH3 is 1. The Bertz CT molecular complexity index is 818. The van der Waals surface area contributed by atoms with Crippen molar-refractivity contribution in [2.75, 3.05) is 7.11 Å². The summed E-state index contributed by atoms with van der Waals surface area (Å²) in [7, 11) is 1.79. The molecule has 0 bridgehead atoms. The third-order valence-corrected chi connectivity index (χ3v) is 5.11. The minimum Gasteiger partial charge on any atom is -0.496 e. The SMILES string of the molecule is COc1c(C(C)(C)C)cc2c(c1-c1cc(C)cc(C)c1)CC(Br)=C2. The van der Waals surface area contributed by atoms with Gasteiger partial charge in [-0.05, 0) is 48.1 Å². The minimum absolute atomic E-state index is 0.0247. The highest BCUT2D eigenvalue weighted by Crippen LogP contribution is 2.47. The fourth-order valence-corrected chi connectivity index (χ4v) is 4.15. The zero-order valence-electron chi connectivity index (χ0n) is 15.4. The molecule has 1 aliphatic rings. The van der Waals surface area contributed by atoms with Gasteiger partial charge in [0.05, 0.1) is 7.11 Å². The van der Waals surface area contributed by atoms with Gasteiger partial charge in [-0.3, -0.25) is 0 Å². The van der Waals surface area contributed by atoms with E-state index in [1.165, 1.54) is 43.4 Å². The van der Waals surface area contributed by atoms with Gasteiger partial charge in [-0.2, -0.15) is 0 Å². The van der Waals surface area contributed by atoms with Crippen LogP contribution in [-0.2, 0) is 11.8 Å². The number of ether oxygens (including phenoxy) is 1. The summed E-state index contributed by atoms with van der Waals surface area (Å²) in [6.45, 7) is 11.1. The molecule has 126 valence electrons. The molecule has 0 N–H and O–H groups in total. The molecule has 0 spiro atoms. The van der Waals surface area contributed by atoms with Crippen LogP contribution in [0.1, 0.15) is 48.6 Å². The first-order chi connectivity index (χ1) is 11.2. The van der Waals surface area contributed by atoms with E-state index in [0.29, 0.717) is 0 Å². The third kappa shape index (κ3) is 3.04. The lowest BCUT2D eigenvalue weighted by Gasteiger charge is -2.26. The standard InChI is InChI=1S/C22H25BrO/c1-13-7-14(2)9-16(8-13)20-18-12-17(23)10-15(18)11-19(21(20)24-6)22(3,4)5/h7-11H,12H2,1-6H3. The molecule has 1 aliphatic carbocycles. The first-order valence-electron chi connectivity index (χ1n) is 8.40. The molecular formula is C22H25BrO. The molecule has 0 amide bonds. The second-order valence-electron chi connectivity index (χ2n) is 7.79. The van der Waals surface area contributed by atoms with Gasteiger partial charge in [0, 0.05) is 22.0 Å². The lowest BCUT2D eigenvalue weighted by Crippen LogP contribution is -2.14. The number of hydrogen-bond donors (Lipinski definition) is 0. The van der Waals surface area contributed by atoms with E-state index in [1.54, 1.807) is 7.11 Å². The van der Waals surface area contributed by atoms with E-state index < -0.39 is 0 Å². The van der Waals surface area contributed by atoms with E-state index in [1.807, 2.05) is 0 Å². The summed E-state index contributed by atoms with van der Waals surface area (Å²) in [4.78, 5) is 0. The summed E-state index contributed by atoms with van der Waals surface area (Å²) in [6.07, 6.45) is 3.18. The fourth-order valence-electron chi connectivity index (χ4n) is 3.63. The van der Waals surface area contributed by atoms with Gasteiger partial charge < -0.3 is 4.74 Å². The maximum atomic E-state index is 5.96. The van der Waals surface area contributed by atoms with Crippen LogP contribution in [-0.4, -0.2) is 7.11 Å². The molecule has 0 fully saturated rings.